The second-order valence-electron chi connectivity index (χ2n) is 10.3. The summed E-state index contributed by atoms with van der Waals surface area (Å²) >= 11 is 2.53. The molecule has 1 atom stereocenters. The Bertz CT molecular complexity index is 601. The van der Waals surface area contributed by atoms with Gasteiger partial charge in [-0.15, -0.1) is 0 Å². The van der Waals surface area contributed by atoms with Crippen molar-refractivity contribution < 1.29 is 23.1 Å². The summed E-state index contributed by atoms with van der Waals surface area (Å²) < 4.78 is 30.7. The lowest BCUT2D eigenvalue weighted by Gasteiger charge is -2.33. The Kier molecular flexibility index (Phi) is 12.1. The van der Waals surface area contributed by atoms with Gasteiger partial charge in [-0.25, -0.2) is 4.57 Å². The van der Waals surface area contributed by atoms with Gasteiger partial charge in [-0.3, -0.25) is 18.7 Å². The van der Waals surface area contributed by atoms with E-state index >= 15 is 0 Å². The molecule has 1 fully saturated rings. The highest BCUT2D eigenvalue weighted by Crippen LogP contribution is 2.65. The van der Waals surface area contributed by atoms with Crippen molar-refractivity contribution in [1.29, 1.82) is 0 Å². The second-order valence-corrected chi connectivity index (χ2v) is 15.4. The number of morpholine rings is 1. The average molecular weight is 498 g/mol. The number of thioether (sulfide) groups is 1. The van der Waals surface area contributed by atoms with Gasteiger partial charge in [0.15, 0.2) is 5.12 Å². The van der Waals surface area contributed by atoms with Crippen molar-refractivity contribution in [1.82, 2.24) is 4.90 Å². The minimum atomic E-state index is -3.35. The summed E-state index contributed by atoms with van der Waals surface area (Å²) in [6, 6.07) is 0. The Morgan fingerprint density at radius 1 is 1.00 bits per heavy atom. The first-order valence-electron chi connectivity index (χ1n) is 11.3. The van der Waals surface area contributed by atoms with Gasteiger partial charge < -0.3 is 4.74 Å². The molecule has 31 heavy (non-hydrogen) atoms. The molecule has 0 spiro atoms. The van der Waals surface area contributed by atoms with Crippen molar-refractivity contribution in [2.45, 2.75) is 85.9 Å². The molecule has 0 bridgehead atoms. The third-order valence-corrected chi connectivity index (χ3v) is 10.5. The molecule has 0 aromatic heterocycles. The maximum atomic E-state index is 13.4. The van der Waals surface area contributed by atoms with E-state index in [4.69, 9.17) is 13.8 Å². The Morgan fingerprint density at radius 2 is 1.61 bits per heavy atom. The predicted molar refractivity (Wildman–Crippen MR) is 134 cm³/mol. The third kappa shape index (κ3) is 12.5. The van der Waals surface area contributed by atoms with E-state index in [1.165, 1.54) is 23.1 Å². The first-order valence-corrected chi connectivity index (χ1v) is 15.4. The lowest BCUT2D eigenvalue weighted by molar-refractivity contribution is -0.118. The van der Waals surface area contributed by atoms with Crippen LogP contribution in [0.5, 0.6) is 0 Å². The summed E-state index contributed by atoms with van der Waals surface area (Å²) in [5.74, 6) is 1.12. The number of carbonyl (C=O) groups is 1. The van der Waals surface area contributed by atoms with Crippen LogP contribution in [-0.4, -0.2) is 65.6 Å². The van der Waals surface area contributed by atoms with E-state index in [1.807, 2.05) is 48.5 Å². The molecule has 0 N–H and O–H groups in total. The van der Waals surface area contributed by atoms with Crippen molar-refractivity contribution in [2.24, 2.45) is 5.41 Å². The van der Waals surface area contributed by atoms with Crippen LogP contribution >= 0.6 is 29.9 Å². The Balaban J connectivity index is 2.53. The fraction of sp³-hybridized carbons (Fsp3) is 0.955. The van der Waals surface area contributed by atoms with Crippen LogP contribution in [0.3, 0.4) is 0 Å². The number of hydrogen-bond donors (Lipinski definition) is 0. The van der Waals surface area contributed by atoms with Crippen molar-refractivity contribution in [3.63, 3.8) is 0 Å². The van der Waals surface area contributed by atoms with Crippen LogP contribution in [0.15, 0.2) is 0 Å². The molecule has 6 nitrogen and oxygen atoms in total. The monoisotopic (exact) mass is 497 g/mol. The van der Waals surface area contributed by atoms with Gasteiger partial charge in [-0.05, 0) is 65.4 Å². The van der Waals surface area contributed by atoms with E-state index in [0.717, 1.165) is 52.1 Å². The van der Waals surface area contributed by atoms with Gasteiger partial charge in [-0.2, -0.15) is 0 Å². The topological polar surface area (TPSA) is 65.1 Å². The average Bonchev–Trinajstić information content (AvgIpc) is 2.62. The maximum absolute atomic E-state index is 13.4. The summed E-state index contributed by atoms with van der Waals surface area (Å²) in [5.41, 5.74) is -1.49. The van der Waals surface area contributed by atoms with Crippen LogP contribution in [0.4, 0.5) is 0 Å². The molecule has 0 aromatic rings. The van der Waals surface area contributed by atoms with Gasteiger partial charge in [-0.1, -0.05) is 39.0 Å². The van der Waals surface area contributed by atoms with Crippen molar-refractivity contribution in [3.8, 4) is 0 Å². The Labute approximate surface area is 198 Å². The SMILES string of the molecule is CCCC(C)(C)OP(=O)(OC(C)(C)C)SCCSC(=O)C(C)(C)CCN1CCOCC1. The highest BCUT2D eigenvalue weighted by Gasteiger charge is 2.37. The molecular formula is C22H44NO5PS2. The van der Waals surface area contributed by atoms with Crippen molar-refractivity contribution in [3.05, 3.63) is 0 Å². The molecule has 0 saturated carbocycles. The van der Waals surface area contributed by atoms with Gasteiger partial charge in [0.1, 0.15) is 0 Å². The Hall–Kier alpha value is 0.440. The van der Waals surface area contributed by atoms with E-state index in [9.17, 15) is 9.36 Å². The first-order chi connectivity index (χ1) is 14.2. The number of hydrogen-bond acceptors (Lipinski definition) is 8. The van der Waals surface area contributed by atoms with Crippen LogP contribution in [0.2, 0.25) is 0 Å². The zero-order chi connectivity index (χ0) is 23.8. The predicted octanol–water partition coefficient (Wildman–Crippen LogP) is 6.25. The molecule has 0 amide bonds. The molecule has 1 heterocycles. The number of nitrogens with zero attached hydrogens (tertiary/aromatic N) is 1. The van der Waals surface area contributed by atoms with E-state index in [1.54, 1.807) is 0 Å². The lowest BCUT2D eigenvalue weighted by atomic mass is 9.91. The largest absolute Gasteiger partial charge is 0.390 e. The smallest absolute Gasteiger partial charge is 0.379 e. The second kappa shape index (κ2) is 12.8. The minimum Gasteiger partial charge on any atom is -0.379 e. The first kappa shape index (κ1) is 29.5. The van der Waals surface area contributed by atoms with Crippen LogP contribution < -0.4 is 0 Å². The number of rotatable bonds is 13. The molecule has 1 aliphatic rings. The zero-order valence-electron chi connectivity index (χ0n) is 20.8. The molecule has 9 heteroatoms. The van der Waals surface area contributed by atoms with Gasteiger partial charge in [0.25, 0.3) is 0 Å². The van der Waals surface area contributed by atoms with E-state index in [2.05, 4.69) is 11.8 Å². The molecule has 1 rings (SSSR count). The number of carbonyl (C=O) groups excluding carboxylic acids is 1. The van der Waals surface area contributed by atoms with Crippen LogP contribution in [0, 0.1) is 5.41 Å². The standard InChI is InChI=1S/C22H44NO5PS2/c1-9-10-22(7,8)28-29(25,27-20(2,3)4)31-18-17-30-19(24)21(5,6)11-12-23-13-15-26-16-14-23/h9-18H2,1-8H3. The third-order valence-electron chi connectivity index (χ3n) is 4.87. The summed E-state index contributed by atoms with van der Waals surface area (Å²) in [5, 5.41) is 0.181. The normalized spacial score (nSPS) is 18.7. The molecular weight excluding hydrogens is 453 g/mol. The zero-order valence-corrected chi connectivity index (χ0v) is 23.4. The fourth-order valence-electron chi connectivity index (χ4n) is 3.20. The van der Waals surface area contributed by atoms with Gasteiger partial charge in [0.2, 0.25) is 0 Å². The maximum Gasteiger partial charge on any atom is 0.390 e. The fourth-order valence-corrected chi connectivity index (χ4v) is 9.18. The van der Waals surface area contributed by atoms with Crippen LogP contribution in [-0.2, 0) is 23.1 Å². The molecule has 184 valence electrons. The highest BCUT2D eigenvalue weighted by molar-refractivity contribution is 8.55. The molecule has 0 radical (unpaired) electrons. The highest BCUT2D eigenvalue weighted by atomic mass is 32.7. The summed E-state index contributed by atoms with van der Waals surface area (Å²) in [6.45, 7) is 16.6. The summed E-state index contributed by atoms with van der Waals surface area (Å²) in [6.07, 6.45) is 2.57. The molecule has 0 aromatic carbocycles. The molecule has 0 aliphatic carbocycles. The number of ether oxygens (including phenoxy) is 1. The van der Waals surface area contributed by atoms with Crippen molar-refractivity contribution >= 4 is 35.1 Å². The Morgan fingerprint density at radius 3 is 2.16 bits per heavy atom. The lowest BCUT2D eigenvalue weighted by Crippen LogP contribution is -2.39. The molecule has 1 unspecified atom stereocenters. The summed E-state index contributed by atoms with van der Waals surface area (Å²) in [7, 11) is 0. The van der Waals surface area contributed by atoms with E-state index in [-0.39, 0.29) is 5.12 Å². The minimum absolute atomic E-state index is 0.181. The molecule has 1 aliphatic heterocycles. The molecule has 1 saturated heterocycles. The van der Waals surface area contributed by atoms with E-state index in [0.29, 0.717) is 11.5 Å². The van der Waals surface area contributed by atoms with Gasteiger partial charge >= 0.3 is 6.80 Å². The van der Waals surface area contributed by atoms with Gasteiger partial charge in [0.05, 0.1) is 24.4 Å². The van der Waals surface area contributed by atoms with Crippen LogP contribution in [0.1, 0.15) is 74.7 Å². The van der Waals surface area contributed by atoms with Gasteiger partial charge in [0, 0.05) is 30.0 Å². The summed E-state index contributed by atoms with van der Waals surface area (Å²) in [4.78, 5) is 15.1. The van der Waals surface area contributed by atoms with Crippen LogP contribution in [0.25, 0.3) is 0 Å². The van der Waals surface area contributed by atoms with E-state index < -0.39 is 23.4 Å². The quantitative estimate of drug-likeness (QED) is 0.219. The van der Waals surface area contributed by atoms with Crippen molar-refractivity contribution in [2.75, 3.05) is 44.4 Å².